The molecule has 6 rings (SSSR count). The van der Waals surface area contributed by atoms with Crippen molar-refractivity contribution < 1.29 is 35.6 Å². The lowest BCUT2D eigenvalue weighted by molar-refractivity contribution is -0.274. The molecule has 3 atom stereocenters. The van der Waals surface area contributed by atoms with Crippen LogP contribution in [0.3, 0.4) is 0 Å². The van der Waals surface area contributed by atoms with E-state index in [1.54, 1.807) is 24.3 Å². The number of pyridine rings is 1. The summed E-state index contributed by atoms with van der Waals surface area (Å²) in [7, 11) is -3.65. The molecule has 0 bridgehead atoms. The highest BCUT2D eigenvalue weighted by Gasteiger charge is 2.39. The van der Waals surface area contributed by atoms with E-state index in [4.69, 9.17) is 4.52 Å². The minimum Gasteiger partial charge on any atom is -0.405 e. The van der Waals surface area contributed by atoms with Gasteiger partial charge in [-0.3, -0.25) is 4.79 Å². The fraction of sp³-hybridized carbons (Fsp3) is 0.516. The SMILES string of the molecule is CCC1CC(NCc2c(-c3ccccc3OC(F)(F)F)noc2C2CC2)CC(C)N1c1ccc(C(=O)NS(=O)(=O)C2CC2)cn1. The van der Waals surface area contributed by atoms with Crippen LogP contribution in [0.15, 0.2) is 47.1 Å². The van der Waals surface area contributed by atoms with Crippen LogP contribution in [0.5, 0.6) is 5.75 Å². The lowest BCUT2D eigenvalue weighted by Gasteiger charge is -2.45. The summed E-state index contributed by atoms with van der Waals surface area (Å²) < 4.78 is 75.9. The smallest absolute Gasteiger partial charge is 0.405 e. The van der Waals surface area contributed by atoms with Gasteiger partial charge in [0.1, 0.15) is 23.0 Å². The summed E-state index contributed by atoms with van der Waals surface area (Å²) in [6.07, 6.45) is 1.98. The Morgan fingerprint density at radius 3 is 2.51 bits per heavy atom. The number of hydrogen-bond acceptors (Lipinski definition) is 9. The zero-order chi connectivity index (χ0) is 31.9. The summed E-state index contributed by atoms with van der Waals surface area (Å²) in [6.45, 7) is 4.58. The summed E-state index contributed by atoms with van der Waals surface area (Å²) in [5, 5.41) is 7.35. The maximum Gasteiger partial charge on any atom is 0.573 e. The van der Waals surface area contributed by atoms with E-state index in [1.165, 1.54) is 18.3 Å². The van der Waals surface area contributed by atoms with Crippen molar-refractivity contribution in [3.8, 4) is 17.0 Å². The van der Waals surface area contributed by atoms with E-state index in [0.717, 1.165) is 37.7 Å². The second kappa shape index (κ2) is 12.3. The molecule has 3 unspecified atom stereocenters. The largest absolute Gasteiger partial charge is 0.573 e. The number of piperidine rings is 1. The molecule has 242 valence electrons. The van der Waals surface area contributed by atoms with Gasteiger partial charge in [-0.25, -0.2) is 18.1 Å². The number of halogens is 3. The second-order valence-electron chi connectivity index (χ2n) is 12.1. The van der Waals surface area contributed by atoms with E-state index in [-0.39, 0.29) is 40.9 Å². The summed E-state index contributed by atoms with van der Waals surface area (Å²) in [4.78, 5) is 19.3. The van der Waals surface area contributed by atoms with Gasteiger partial charge in [-0.15, -0.1) is 13.2 Å². The third kappa shape index (κ3) is 7.11. The maximum atomic E-state index is 13.1. The number of alkyl halides is 3. The molecule has 1 amide bonds. The number of amides is 1. The Bertz CT molecular complexity index is 1640. The number of rotatable bonds is 11. The first-order valence-corrected chi connectivity index (χ1v) is 16.9. The lowest BCUT2D eigenvalue weighted by Crippen LogP contribution is -2.53. The number of ether oxygens (including phenoxy) is 1. The molecule has 1 aromatic carbocycles. The molecule has 2 aliphatic carbocycles. The standard InChI is InChI=1S/C31H36F3N5O5S/c1-3-22-15-21(14-18(2)39(22)27-13-10-20(16-36-27)30(40)38-45(41,42)23-11-12-23)35-17-25-28(37-44-29(25)19-8-9-19)24-6-4-5-7-26(24)43-31(32,33)34/h4-7,10,13,16,18-19,21-23,35H,3,8-9,11-12,14-15,17H2,1-2H3,(H,38,40). The van der Waals surface area contributed by atoms with Crippen LogP contribution in [0.4, 0.5) is 19.0 Å². The molecule has 2 saturated carbocycles. The number of aromatic nitrogens is 2. The number of hydrogen-bond donors (Lipinski definition) is 2. The fourth-order valence-electron chi connectivity index (χ4n) is 6.18. The molecular weight excluding hydrogens is 611 g/mol. The van der Waals surface area contributed by atoms with Gasteiger partial charge in [0.2, 0.25) is 10.0 Å². The van der Waals surface area contributed by atoms with Gasteiger partial charge in [0.25, 0.3) is 5.91 Å². The Kier molecular flexibility index (Phi) is 8.55. The highest BCUT2D eigenvalue weighted by Crippen LogP contribution is 2.45. The molecular formula is C31H36F3N5O5S. The van der Waals surface area contributed by atoms with E-state index < -0.39 is 27.5 Å². The number of para-hydroxylation sites is 1. The van der Waals surface area contributed by atoms with Crippen LogP contribution in [-0.4, -0.2) is 54.2 Å². The van der Waals surface area contributed by atoms with Crippen molar-refractivity contribution >= 4 is 21.7 Å². The maximum absolute atomic E-state index is 13.1. The molecule has 2 N–H and O–H groups in total. The molecule has 3 aromatic rings. The third-order valence-electron chi connectivity index (χ3n) is 8.70. The van der Waals surface area contributed by atoms with E-state index in [2.05, 4.69) is 43.7 Å². The van der Waals surface area contributed by atoms with Crippen LogP contribution in [0, 0.1) is 0 Å². The van der Waals surface area contributed by atoms with Crippen molar-refractivity contribution in [3.05, 3.63) is 59.5 Å². The molecule has 0 spiro atoms. The molecule has 0 radical (unpaired) electrons. The number of carbonyl (C=O) groups excluding carboxylic acids is 1. The summed E-state index contributed by atoms with van der Waals surface area (Å²) in [6, 6.07) is 9.62. The van der Waals surface area contributed by atoms with Crippen molar-refractivity contribution in [2.75, 3.05) is 4.90 Å². The van der Waals surface area contributed by atoms with Crippen LogP contribution >= 0.6 is 0 Å². The van der Waals surface area contributed by atoms with Crippen LogP contribution in [0.1, 0.15) is 86.4 Å². The first-order chi connectivity index (χ1) is 21.4. The molecule has 3 fully saturated rings. The lowest BCUT2D eigenvalue weighted by atomic mass is 9.90. The van der Waals surface area contributed by atoms with Gasteiger partial charge in [0, 0.05) is 47.9 Å². The van der Waals surface area contributed by atoms with Gasteiger partial charge < -0.3 is 19.5 Å². The van der Waals surface area contributed by atoms with Crippen LogP contribution in [0.25, 0.3) is 11.3 Å². The van der Waals surface area contributed by atoms with Gasteiger partial charge in [-0.1, -0.05) is 24.2 Å². The van der Waals surface area contributed by atoms with Crippen LogP contribution in [-0.2, 0) is 16.6 Å². The van der Waals surface area contributed by atoms with E-state index in [0.29, 0.717) is 36.7 Å². The Morgan fingerprint density at radius 2 is 1.87 bits per heavy atom. The Hall–Kier alpha value is -3.65. The monoisotopic (exact) mass is 647 g/mol. The molecule has 2 aromatic heterocycles. The summed E-state index contributed by atoms with van der Waals surface area (Å²) in [5.41, 5.74) is 1.50. The van der Waals surface area contributed by atoms with Crippen molar-refractivity contribution in [2.24, 2.45) is 0 Å². The Labute approximate surface area is 259 Å². The Balaban J connectivity index is 1.15. The van der Waals surface area contributed by atoms with Crippen LogP contribution < -0.4 is 19.7 Å². The van der Waals surface area contributed by atoms with Gasteiger partial charge in [-0.2, -0.15) is 0 Å². The van der Waals surface area contributed by atoms with Gasteiger partial charge in [-0.05, 0) is 76.1 Å². The van der Waals surface area contributed by atoms with Crippen molar-refractivity contribution in [2.45, 2.75) is 101 Å². The number of nitrogens with one attached hydrogen (secondary N) is 2. The van der Waals surface area contributed by atoms with E-state index in [1.807, 2.05) is 0 Å². The highest BCUT2D eigenvalue weighted by atomic mass is 32.2. The molecule has 14 heteroatoms. The number of sulfonamides is 1. The number of carbonyl (C=O) groups is 1. The van der Waals surface area contributed by atoms with E-state index in [9.17, 15) is 26.4 Å². The highest BCUT2D eigenvalue weighted by molar-refractivity contribution is 7.91. The molecule has 3 heterocycles. The fourth-order valence-corrected chi connectivity index (χ4v) is 7.48. The molecule has 1 aliphatic heterocycles. The Morgan fingerprint density at radius 1 is 1.11 bits per heavy atom. The van der Waals surface area contributed by atoms with Crippen molar-refractivity contribution in [1.82, 2.24) is 20.2 Å². The van der Waals surface area contributed by atoms with Gasteiger partial charge >= 0.3 is 6.36 Å². The summed E-state index contributed by atoms with van der Waals surface area (Å²) >= 11 is 0. The minimum absolute atomic E-state index is 0.0781. The average Bonchev–Trinajstić information content (AvgIpc) is 3.93. The first-order valence-electron chi connectivity index (χ1n) is 15.3. The zero-order valence-electron chi connectivity index (χ0n) is 25.0. The van der Waals surface area contributed by atoms with E-state index >= 15 is 0 Å². The second-order valence-corrected chi connectivity index (χ2v) is 14.1. The first kappa shape index (κ1) is 31.3. The van der Waals surface area contributed by atoms with Crippen LogP contribution in [0.2, 0.25) is 0 Å². The van der Waals surface area contributed by atoms with Gasteiger partial charge in [0.15, 0.2) is 0 Å². The number of nitrogens with zero attached hydrogens (tertiary/aromatic N) is 3. The normalized spacial score (nSPS) is 22.3. The molecule has 1 saturated heterocycles. The summed E-state index contributed by atoms with van der Waals surface area (Å²) in [5.74, 6) is 0.599. The molecule has 3 aliphatic rings. The quantitative estimate of drug-likeness (QED) is 0.271. The van der Waals surface area contributed by atoms with Gasteiger partial charge in [0.05, 0.1) is 10.8 Å². The topological polar surface area (TPSA) is 127 Å². The molecule has 45 heavy (non-hydrogen) atoms. The third-order valence-corrected chi connectivity index (χ3v) is 10.5. The minimum atomic E-state index is -4.84. The predicted molar refractivity (Wildman–Crippen MR) is 160 cm³/mol. The zero-order valence-corrected chi connectivity index (χ0v) is 25.8. The van der Waals surface area contributed by atoms with Crippen molar-refractivity contribution in [1.29, 1.82) is 0 Å². The average molecular weight is 648 g/mol. The number of anilines is 1. The number of benzene rings is 1. The van der Waals surface area contributed by atoms with Crippen molar-refractivity contribution in [3.63, 3.8) is 0 Å². The predicted octanol–water partition coefficient (Wildman–Crippen LogP) is 5.66. The molecule has 10 nitrogen and oxygen atoms in total.